The summed E-state index contributed by atoms with van der Waals surface area (Å²) < 4.78 is 0. The summed E-state index contributed by atoms with van der Waals surface area (Å²) in [4.78, 5) is 18.2. The smallest absolute Gasteiger partial charge is 1.00 e. The van der Waals surface area contributed by atoms with Crippen LogP contribution in [0.1, 0.15) is 1.43 Å². The van der Waals surface area contributed by atoms with Crippen LogP contribution in [0.5, 0.6) is 0 Å². The third-order valence-electron chi connectivity index (χ3n) is 0.183. The van der Waals surface area contributed by atoms with Gasteiger partial charge in [-0.3, -0.25) is 0 Å². The van der Waals surface area contributed by atoms with Crippen molar-refractivity contribution in [3.63, 3.8) is 0 Å². The molecule has 0 aromatic rings. The van der Waals surface area contributed by atoms with Crippen molar-refractivity contribution in [1.29, 1.82) is 0 Å². The van der Waals surface area contributed by atoms with Crippen LogP contribution in [-0.2, 0) is 9.59 Å². The molecule has 0 saturated heterocycles. The fraction of sp³-hybridized carbons (Fsp3) is 0. The number of carbonyl (C=O) groups is 2. The molecule has 0 heterocycles. The zero-order valence-electron chi connectivity index (χ0n) is 5.21. The van der Waals surface area contributed by atoms with Crippen LogP contribution >= 0.6 is 0 Å². The van der Waals surface area contributed by atoms with Crippen LogP contribution in [0.2, 0.25) is 0 Å². The molecule has 6 heteroatoms. The summed E-state index contributed by atoms with van der Waals surface area (Å²) in [5.74, 6) is -3.65. The predicted molar refractivity (Wildman–Crippen MR) is 20.0 cm³/mol. The Balaban J connectivity index is -0.0000000417. The molecule has 0 saturated carbocycles. The summed E-state index contributed by atoms with van der Waals surface area (Å²) in [6, 6.07) is 0. The molecule has 0 spiro atoms. The quantitative estimate of drug-likeness (QED) is 0.266. The molecule has 0 radical (unpaired) electrons. The van der Waals surface area contributed by atoms with E-state index in [2.05, 4.69) is 0 Å². The van der Waals surface area contributed by atoms with Gasteiger partial charge in [-0.1, -0.05) is 0 Å². The van der Waals surface area contributed by atoms with Gasteiger partial charge in [0.15, 0.2) is 0 Å². The fourth-order valence-electron chi connectivity index (χ4n) is 0. The molecule has 5 nitrogen and oxygen atoms in total. The molecule has 44 valence electrons. The van der Waals surface area contributed by atoms with Gasteiger partial charge in [-0.05, 0) is 0 Å². The van der Waals surface area contributed by atoms with E-state index in [9.17, 15) is 0 Å². The van der Waals surface area contributed by atoms with Gasteiger partial charge >= 0.3 is 63.3 Å². The third kappa shape index (κ3) is 9.74. The first-order valence-electron chi connectivity index (χ1n) is 1.11. The Bertz CT molecular complexity index is 81.0. The second-order valence-corrected chi connectivity index (χ2v) is 0.610. The molecule has 0 rings (SSSR count). The van der Waals surface area contributed by atoms with Crippen LogP contribution < -0.4 is 51.4 Å². The van der Waals surface area contributed by atoms with Crippen LogP contribution in [0.4, 0.5) is 0 Å². The second-order valence-electron chi connectivity index (χ2n) is 0.610. The Labute approximate surface area is 88.9 Å². The van der Waals surface area contributed by atoms with Gasteiger partial charge in [-0.25, -0.2) is 9.59 Å². The number of hydrogen-bond acceptors (Lipinski definition) is 2. The van der Waals surface area contributed by atoms with E-state index in [4.69, 9.17) is 19.8 Å². The zero-order chi connectivity index (χ0) is 5.15. The van der Waals surface area contributed by atoms with Crippen LogP contribution in [0.25, 0.3) is 0 Å². The van der Waals surface area contributed by atoms with Crippen molar-refractivity contribution in [2.24, 2.45) is 0 Å². The molecule has 0 amide bonds. The van der Waals surface area contributed by atoms with Crippen LogP contribution in [-0.4, -0.2) is 27.6 Å². The molecule has 0 aliphatic heterocycles. The first kappa shape index (κ1) is 15.8. The van der Waals surface area contributed by atoms with Crippen molar-refractivity contribution >= 4 is 11.9 Å². The van der Waals surface area contributed by atoms with Gasteiger partial charge in [0.05, 0.1) is 0 Å². The minimum atomic E-state index is -1.82. The minimum Gasteiger partial charge on any atom is -1.00 e. The summed E-state index contributed by atoms with van der Waals surface area (Å²) >= 11 is 0. The molecule has 0 atom stereocenters. The van der Waals surface area contributed by atoms with E-state index in [0.29, 0.717) is 0 Å². The molecular formula is C2H5KO5. The molecular weight excluding hydrogens is 143 g/mol. The van der Waals surface area contributed by atoms with E-state index in [1.54, 1.807) is 0 Å². The van der Waals surface area contributed by atoms with Gasteiger partial charge in [0.1, 0.15) is 0 Å². The van der Waals surface area contributed by atoms with Crippen molar-refractivity contribution in [3.05, 3.63) is 0 Å². The average molecular weight is 148 g/mol. The van der Waals surface area contributed by atoms with Crippen molar-refractivity contribution in [2.75, 3.05) is 0 Å². The average Bonchev–Trinajstić information content (AvgIpc) is 1.36. The first-order valence-corrected chi connectivity index (χ1v) is 1.11. The SMILES string of the molecule is O.O=C(O)C(=O)O.[H-].[K+]. The standard InChI is InChI=1S/C2H2O4.K.H2O.H/c3-1(4)2(5)6;;;/h(H,3,4)(H,5,6);;1H2;/q;+1;;-1. The van der Waals surface area contributed by atoms with Crippen molar-refractivity contribution in [2.45, 2.75) is 0 Å². The summed E-state index contributed by atoms with van der Waals surface area (Å²) in [6.45, 7) is 0. The van der Waals surface area contributed by atoms with E-state index < -0.39 is 11.9 Å². The molecule has 0 aromatic heterocycles. The molecule has 4 N–H and O–H groups in total. The Morgan fingerprint density at radius 1 is 1.12 bits per heavy atom. The van der Waals surface area contributed by atoms with Crippen LogP contribution in [0.3, 0.4) is 0 Å². The summed E-state index contributed by atoms with van der Waals surface area (Å²) in [6.07, 6.45) is 0. The van der Waals surface area contributed by atoms with Gasteiger partial charge in [0.2, 0.25) is 0 Å². The topological polar surface area (TPSA) is 106 Å². The zero-order valence-corrected chi connectivity index (χ0v) is 7.33. The number of rotatable bonds is 0. The van der Waals surface area contributed by atoms with Gasteiger partial charge in [-0.15, -0.1) is 0 Å². The van der Waals surface area contributed by atoms with Crippen molar-refractivity contribution < 1.29 is 78.1 Å². The van der Waals surface area contributed by atoms with Crippen LogP contribution in [0.15, 0.2) is 0 Å². The minimum absolute atomic E-state index is 0. The Morgan fingerprint density at radius 2 is 1.25 bits per heavy atom. The number of carboxylic acids is 2. The van der Waals surface area contributed by atoms with Gasteiger partial charge in [-0.2, -0.15) is 0 Å². The molecule has 0 aliphatic carbocycles. The van der Waals surface area contributed by atoms with E-state index >= 15 is 0 Å². The van der Waals surface area contributed by atoms with E-state index in [-0.39, 0.29) is 58.3 Å². The number of aliphatic carboxylic acids is 2. The van der Waals surface area contributed by atoms with E-state index in [0.717, 1.165) is 0 Å². The summed E-state index contributed by atoms with van der Waals surface area (Å²) in [5.41, 5.74) is 0. The molecule has 0 aliphatic rings. The molecule has 0 bridgehead atoms. The van der Waals surface area contributed by atoms with Crippen LogP contribution in [0, 0.1) is 0 Å². The molecule has 0 fully saturated rings. The van der Waals surface area contributed by atoms with E-state index in [1.165, 1.54) is 0 Å². The van der Waals surface area contributed by atoms with Gasteiger partial charge in [0, 0.05) is 0 Å². The summed E-state index contributed by atoms with van der Waals surface area (Å²) in [5, 5.41) is 14.8. The molecule has 8 heavy (non-hydrogen) atoms. The van der Waals surface area contributed by atoms with Crippen molar-refractivity contribution in [1.82, 2.24) is 0 Å². The summed E-state index contributed by atoms with van der Waals surface area (Å²) in [7, 11) is 0. The van der Waals surface area contributed by atoms with Crippen molar-refractivity contribution in [3.8, 4) is 0 Å². The van der Waals surface area contributed by atoms with Gasteiger partial charge < -0.3 is 17.1 Å². The number of carboxylic acid groups (broad SMARTS) is 2. The Hall–Kier alpha value is 0.536. The molecule has 0 aromatic carbocycles. The Morgan fingerprint density at radius 3 is 1.25 bits per heavy atom. The maximum absolute atomic E-state index is 9.10. The first-order chi connectivity index (χ1) is 2.64. The maximum atomic E-state index is 9.10. The fourth-order valence-corrected chi connectivity index (χ4v) is 0. The molecule has 0 unspecified atom stereocenters. The predicted octanol–water partition coefficient (Wildman–Crippen LogP) is -4.55. The third-order valence-corrected chi connectivity index (χ3v) is 0.183. The monoisotopic (exact) mass is 148 g/mol. The van der Waals surface area contributed by atoms with Gasteiger partial charge in [0.25, 0.3) is 0 Å². The second kappa shape index (κ2) is 7.54. The number of hydrogen-bond donors (Lipinski definition) is 2. The normalized spacial score (nSPS) is 5.50. The maximum Gasteiger partial charge on any atom is 1.00 e. The Kier molecular flexibility index (Phi) is 14.9. The largest absolute Gasteiger partial charge is 1.00 e. The van der Waals surface area contributed by atoms with E-state index in [1.807, 2.05) is 0 Å².